The Labute approximate surface area is 102 Å². The second kappa shape index (κ2) is 5.15. The van der Waals surface area contributed by atoms with Gasteiger partial charge in [0.2, 0.25) is 0 Å². The molecule has 2 heterocycles. The van der Waals surface area contributed by atoms with Crippen LogP contribution in [0.15, 0.2) is 18.3 Å². The van der Waals surface area contributed by atoms with E-state index in [-0.39, 0.29) is 0 Å². The predicted octanol–water partition coefficient (Wildman–Crippen LogP) is 1.48. The van der Waals surface area contributed by atoms with Crippen LogP contribution < -0.4 is 4.90 Å². The van der Waals surface area contributed by atoms with E-state index in [1.165, 1.54) is 0 Å². The highest BCUT2D eigenvalue weighted by Crippen LogP contribution is 2.18. The van der Waals surface area contributed by atoms with Crippen molar-refractivity contribution in [2.45, 2.75) is 19.4 Å². The van der Waals surface area contributed by atoms with Gasteiger partial charge in [-0.1, -0.05) is 0 Å². The van der Waals surface area contributed by atoms with Crippen molar-refractivity contribution in [3.05, 3.63) is 23.9 Å². The predicted molar refractivity (Wildman–Crippen MR) is 67.9 cm³/mol. The SMILES string of the molecule is CC1CN(C)CCCN1c1cc(C#N)ccn1. The lowest BCUT2D eigenvalue weighted by molar-refractivity contribution is 0.337. The van der Waals surface area contributed by atoms with E-state index in [0.29, 0.717) is 11.6 Å². The highest BCUT2D eigenvalue weighted by molar-refractivity contribution is 5.45. The van der Waals surface area contributed by atoms with Crippen molar-refractivity contribution >= 4 is 5.82 Å². The summed E-state index contributed by atoms with van der Waals surface area (Å²) in [6, 6.07) is 6.23. The van der Waals surface area contributed by atoms with Gasteiger partial charge in [-0.3, -0.25) is 0 Å². The summed E-state index contributed by atoms with van der Waals surface area (Å²) in [5.74, 6) is 0.923. The smallest absolute Gasteiger partial charge is 0.130 e. The van der Waals surface area contributed by atoms with Crippen molar-refractivity contribution in [1.29, 1.82) is 5.26 Å². The molecule has 4 heteroatoms. The van der Waals surface area contributed by atoms with E-state index in [4.69, 9.17) is 5.26 Å². The van der Waals surface area contributed by atoms with Gasteiger partial charge in [-0.25, -0.2) is 4.98 Å². The molecule has 0 saturated carbocycles. The molecular formula is C13H18N4. The first kappa shape index (κ1) is 11.9. The number of anilines is 1. The van der Waals surface area contributed by atoms with Gasteiger partial charge in [0, 0.05) is 25.3 Å². The average Bonchev–Trinajstić information content (AvgIpc) is 2.50. The molecule has 1 fully saturated rings. The molecule has 1 aromatic rings. The Hall–Kier alpha value is -1.60. The first-order valence-electron chi connectivity index (χ1n) is 6.02. The highest BCUT2D eigenvalue weighted by Gasteiger charge is 2.20. The van der Waals surface area contributed by atoms with Crippen molar-refractivity contribution in [3.8, 4) is 6.07 Å². The summed E-state index contributed by atoms with van der Waals surface area (Å²) in [7, 11) is 2.15. The number of likely N-dealkylation sites (N-methyl/N-ethyl adjacent to an activating group) is 1. The van der Waals surface area contributed by atoms with Crippen molar-refractivity contribution in [2.75, 3.05) is 31.6 Å². The molecule has 1 atom stereocenters. The normalized spacial score (nSPS) is 21.9. The van der Waals surface area contributed by atoms with Crippen LogP contribution in [0.5, 0.6) is 0 Å². The van der Waals surface area contributed by atoms with Gasteiger partial charge in [-0.2, -0.15) is 5.26 Å². The van der Waals surface area contributed by atoms with Crippen molar-refractivity contribution < 1.29 is 0 Å². The largest absolute Gasteiger partial charge is 0.353 e. The van der Waals surface area contributed by atoms with Crippen LogP contribution in [-0.2, 0) is 0 Å². The number of hydrogen-bond donors (Lipinski definition) is 0. The van der Waals surface area contributed by atoms with Gasteiger partial charge in [0.1, 0.15) is 5.82 Å². The molecule has 0 N–H and O–H groups in total. The Bertz CT molecular complexity index is 424. The Morgan fingerprint density at radius 1 is 1.47 bits per heavy atom. The van der Waals surface area contributed by atoms with Crippen LogP contribution >= 0.6 is 0 Å². The molecule has 0 bridgehead atoms. The van der Waals surface area contributed by atoms with Gasteiger partial charge in [0.15, 0.2) is 0 Å². The maximum Gasteiger partial charge on any atom is 0.130 e. The third-order valence-electron chi connectivity index (χ3n) is 3.22. The zero-order valence-corrected chi connectivity index (χ0v) is 10.4. The van der Waals surface area contributed by atoms with E-state index in [0.717, 1.165) is 31.9 Å². The summed E-state index contributed by atoms with van der Waals surface area (Å²) in [6.07, 6.45) is 2.86. The van der Waals surface area contributed by atoms with Crippen LogP contribution in [0, 0.1) is 11.3 Å². The van der Waals surface area contributed by atoms with E-state index in [1.54, 1.807) is 12.3 Å². The number of nitrogens with zero attached hydrogens (tertiary/aromatic N) is 4. The van der Waals surface area contributed by atoms with E-state index in [2.05, 4.69) is 34.8 Å². The number of rotatable bonds is 1. The Morgan fingerprint density at radius 3 is 3.06 bits per heavy atom. The molecule has 17 heavy (non-hydrogen) atoms. The molecule has 90 valence electrons. The lowest BCUT2D eigenvalue weighted by atomic mass is 10.2. The van der Waals surface area contributed by atoms with Crippen molar-refractivity contribution in [1.82, 2.24) is 9.88 Å². The monoisotopic (exact) mass is 230 g/mol. The van der Waals surface area contributed by atoms with Gasteiger partial charge < -0.3 is 9.80 Å². The Morgan fingerprint density at radius 2 is 2.29 bits per heavy atom. The molecule has 0 amide bonds. The molecule has 0 radical (unpaired) electrons. The molecule has 1 aliphatic rings. The molecule has 1 aromatic heterocycles. The minimum absolute atomic E-state index is 0.434. The van der Waals surface area contributed by atoms with Crippen LogP contribution in [0.1, 0.15) is 18.9 Å². The number of pyridine rings is 1. The fraction of sp³-hybridized carbons (Fsp3) is 0.538. The minimum atomic E-state index is 0.434. The lowest BCUT2D eigenvalue weighted by Crippen LogP contribution is -2.38. The van der Waals surface area contributed by atoms with Gasteiger partial charge in [-0.05, 0) is 39.1 Å². The van der Waals surface area contributed by atoms with E-state index >= 15 is 0 Å². The highest BCUT2D eigenvalue weighted by atomic mass is 15.3. The molecule has 0 spiro atoms. The van der Waals surface area contributed by atoms with Gasteiger partial charge >= 0.3 is 0 Å². The number of hydrogen-bond acceptors (Lipinski definition) is 4. The Balaban J connectivity index is 2.22. The van der Waals surface area contributed by atoms with E-state index < -0.39 is 0 Å². The van der Waals surface area contributed by atoms with Crippen LogP contribution in [0.3, 0.4) is 0 Å². The van der Waals surface area contributed by atoms with E-state index in [1.807, 2.05) is 6.07 Å². The molecule has 2 rings (SSSR count). The van der Waals surface area contributed by atoms with Crippen molar-refractivity contribution in [2.24, 2.45) is 0 Å². The van der Waals surface area contributed by atoms with Crippen molar-refractivity contribution in [3.63, 3.8) is 0 Å². The molecule has 4 nitrogen and oxygen atoms in total. The van der Waals surface area contributed by atoms with Gasteiger partial charge in [-0.15, -0.1) is 0 Å². The third-order valence-corrected chi connectivity index (χ3v) is 3.22. The second-order valence-electron chi connectivity index (χ2n) is 4.67. The summed E-state index contributed by atoms with van der Waals surface area (Å²) in [5, 5.41) is 8.92. The topological polar surface area (TPSA) is 43.2 Å². The maximum absolute atomic E-state index is 8.92. The summed E-state index contributed by atoms with van der Waals surface area (Å²) in [6.45, 7) is 5.38. The molecule has 1 aliphatic heterocycles. The lowest BCUT2D eigenvalue weighted by Gasteiger charge is -2.29. The quantitative estimate of drug-likeness (QED) is 0.733. The van der Waals surface area contributed by atoms with Crippen LogP contribution in [0.4, 0.5) is 5.82 Å². The van der Waals surface area contributed by atoms with Gasteiger partial charge in [0.05, 0.1) is 11.6 Å². The van der Waals surface area contributed by atoms with Gasteiger partial charge in [0.25, 0.3) is 0 Å². The second-order valence-corrected chi connectivity index (χ2v) is 4.67. The first-order chi connectivity index (χ1) is 8.20. The Kier molecular flexibility index (Phi) is 3.60. The fourth-order valence-corrected chi connectivity index (χ4v) is 2.36. The molecule has 1 saturated heterocycles. The molecule has 1 unspecified atom stereocenters. The van der Waals surface area contributed by atoms with Crippen LogP contribution in [0.25, 0.3) is 0 Å². The zero-order chi connectivity index (χ0) is 12.3. The number of aromatic nitrogens is 1. The molecular weight excluding hydrogens is 212 g/mol. The van der Waals surface area contributed by atoms with E-state index in [9.17, 15) is 0 Å². The fourth-order valence-electron chi connectivity index (χ4n) is 2.36. The maximum atomic E-state index is 8.92. The summed E-state index contributed by atoms with van der Waals surface area (Å²) in [5.41, 5.74) is 0.680. The average molecular weight is 230 g/mol. The van der Waals surface area contributed by atoms with Crippen LogP contribution in [0.2, 0.25) is 0 Å². The minimum Gasteiger partial charge on any atom is -0.353 e. The summed E-state index contributed by atoms with van der Waals surface area (Å²) >= 11 is 0. The van der Waals surface area contributed by atoms with Crippen LogP contribution in [-0.4, -0.2) is 42.6 Å². The zero-order valence-electron chi connectivity index (χ0n) is 10.4. The summed E-state index contributed by atoms with van der Waals surface area (Å²) in [4.78, 5) is 9.03. The number of nitriles is 1. The summed E-state index contributed by atoms with van der Waals surface area (Å²) < 4.78 is 0. The molecule has 0 aromatic carbocycles. The molecule has 0 aliphatic carbocycles. The third kappa shape index (κ3) is 2.75. The first-order valence-corrected chi connectivity index (χ1v) is 6.02. The standard InChI is InChI=1S/C13H18N4/c1-11-10-16(2)6-3-7-17(11)13-8-12(9-14)4-5-15-13/h4-5,8,11H,3,6-7,10H2,1-2H3.